The van der Waals surface area contributed by atoms with Crippen molar-refractivity contribution in [1.82, 2.24) is 15.5 Å². The fourth-order valence-electron chi connectivity index (χ4n) is 3.44. The molecule has 1 aromatic carbocycles. The highest BCUT2D eigenvalue weighted by Crippen LogP contribution is 2.14. The first kappa shape index (κ1) is 22.3. The highest BCUT2D eigenvalue weighted by molar-refractivity contribution is 5.80. The summed E-state index contributed by atoms with van der Waals surface area (Å²) in [5, 5.41) is 7.01. The molecule has 0 saturated carbocycles. The van der Waals surface area contributed by atoms with E-state index in [-0.39, 0.29) is 0 Å². The quantitative estimate of drug-likeness (QED) is 0.366. The summed E-state index contributed by atoms with van der Waals surface area (Å²) in [6, 6.07) is 8.85. The third-order valence-corrected chi connectivity index (χ3v) is 4.81. The SMILES string of the molecule is C=C(C)CN1CCC(NC(=NCCc2cccc(OCCC)c2)NCC)CC1. The van der Waals surface area contributed by atoms with Gasteiger partial charge in [-0.05, 0) is 57.2 Å². The zero-order valence-electron chi connectivity index (χ0n) is 18.0. The highest BCUT2D eigenvalue weighted by Gasteiger charge is 2.19. The van der Waals surface area contributed by atoms with Crippen molar-refractivity contribution in [3.63, 3.8) is 0 Å². The monoisotopic (exact) mass is 386 g/mol. The maximum absolute atomic E-state index is 5.73. The van der Waals surface area contributed by atoms with E-state index in [2.05, 4.69) is 61.1 Å². The number of rotatable bonds is 10. The van der Waals surface area contributed by atoms with Gasteiger partial charge < -0.3 is 15.4 Å². The Bertz CT molecular complexity index is 621. The van der Waals surface area contributed by atoms with E-state index in [4.69, 9.17) is 9.73 Å². The van der Waals surface area contributed by atoms with Crippen LogP contribution < -0.4 is 15.4 Å². The number of aliphatic imine (C=N–C) groups is 1. The van der Waals surface area contributed by atoms with E-state index in [9.17, 15) is 0 Å². The van der Waals surface area contributed by atoms with E-state index in [1.165, 1.54) is 11.1 Å². The molecule has 0 amide bonds. The summed E-state index contributed by atoms with van der Waals surface area (Å²) in [6.07, 6.45) is 4.23. The van der Waals surface area contributed by atoms with Crippen molar-refractivity contribution < 1.29 is 4.74 Å². The molecule has 0 spiro atoms. The first-order valence-corrected chi connectivity index (χ1v) is 10.7. The minimum Gasteiger partial charge on any atom is -0.494 e. The minimum atomic E-state index is 0.491. The molecule has 1 aromatic rings. The van der Waals surface area contributed by atoms with E-state index in [1.807, 2.05) is 6.07 Å². The van der Waals surface area contributed by atoms with Crippen molar-refractivity contribution in [3.8, 4) is 5.75 Å². The molecule has 1 aliphatic rings. The van der Waals surface area contributed by atoms with Crippen LogP contribution in [-0.4, -0.2) is 56.2 Å². The summed E-state index contributed by atoms with van der Waals surface area (Å²) >= 11 is 0. The third-order valence-electron chi connectivity index (χ3n) is 4.81. The van der Waals surface area contributed by atoms with Crippen LogP contribution in [0, 0.1) is 0 Å². The summed E-state index contributed by atoms with van der Waals surface area (Å²) in [5.74, 6) is 1.88. The van der Waals surface area contributed by atoms with Gasteiger partial charge in [0.05, 0.1) is 6.61 Å². The van der Waals surface area contributed by atoms with Gasteiger partial charge in [0.25, 0.3) is 0 Å². The number of ether oxygens (including phenoxy) is 1. The second kappa shape index (κ2) is 12.4. The van der Waals surface area contributed by atoms with Gasteiger partial charge in [-0.15, -0.1) is 0 Å². The molecule has 1 fully saturated rings. The normalized spacial score (nSPS) is 16.0. The highest BCUT2D eigenvalue weighted by atomic mass is 16.5. The van der Waals surface area contributed by atoms with Crippen molar-refractivity contribution in [2.24, 2.45) is 4.99 Å². The Kier molecular flexibility index (Phi) is 9.91. The van der Waals surface area contributed by atoms with Crippen LogP contribution in [-0.2, 0) is 6.42 Å². The Morgan fingerprint density at radius 2 is 2.07 bits per heavy atom. The van der Waals surface area contributed by atoms with Crippen molar-refractivity contribution in [2.45, 2.75) is 52.5 Å². The van der Waals surface area contributed by atoms with Crippen molar-refractivity contribution >= 4 is 5.96 Å². The maximum atomic E-state index is 5.73. The van der Waals surface area contributed by atoms with Gasteiger partial charge in [0.2, 0.25) is 0 Å². The summed E-state index contributed by atoms with van der Waals surface area (Å²) < 4.78 is 5.73. The number of hydrogen-bond donors (Lipinski definition) is 2. The molecule has 0 aromatic heterocycles. The van der Waals surface area contributed by atoms with E-state index in [0.717, 1.165) is 76.7 Å². The van der Waals surface area contributed by atoms with Crippen LogP contribution in [0.4, 0.5) is 0 Å². The Morgan fingerprint density at radius 3 is 2.75 bits per heavy atom. The molecule has 1 saturated heterocycles. The molecular weight excluding hydrogens is 348 g/mol. The van der Waals surface area contributed by atoms with E-state index in [0.29, 0.717) is 6.04 Å². The fourth-order valence-corrected chi connectivity index (χ4v) is 3.44. The lowest BCUT2D eigenvalue weighted by atomic mass is 10.0. The molecule has 1 heterocycles. The van der Waals surface area contributed by atoms with Crippen molar-refractivity contribution in [3.05, 3.63) is 42.0 Å². The lowest BCUT2D eigenvalue weighted by Gasteiger charge is -2.33. The number of guanidine groups is 1. The number of piperidine rings is 1. The summed E-state index contributed by atoms with van der Waals surface area (Å²) in [7, 11) is 0. The van der Waals surface area contributed by atoms with Crippen LogP contribution >= 0.6 is 0 Å². The van der Waals surface area contributed by atoms with Gasteiger partial charge in [-0.2, -0.15) is 0 Å². The number of benzene rings is 1. The average molecular weight is 387 g/mol. The molecule has 2 N–H and O–H groups in total. The Balaban J connectivity index is 1.81. The second-order valence-electron chi connectivity index (χ2n) is 7.66. The predicted molar refractivity (Wildman–Crippen MR) is 119 cm³/mol. The molecule has 0 aliphatic carbocycles. The van der Waals surface area contributed by atoms with Crippen molar-refractivity contribution in [2.75, 3.05) is 39.3 Å². The minimum absolute atomic E-state index is 0.491. The van der Waals surface area contributed by atoms with Gasteiger partial charge in [-0.25, -0.2) is 0 Å². The molecule has 0 radical (unpaired) electrons. The topological polar surface area (TPSA) is 48.9 Å². The number of nitrogens with one attached hydrogen (secondary N) is 2. The molecule has 5 nitrogen and oxygen atoms in total. The first-order valence-electron chi connectivity index (χ1n) is 10.7. The van der Waals surface area contributed by atoms with Gasteiger partial charge in [0.15, 0.2) is 5.96 Å². The van der Waals surface area contributed by atoms with E-state index >= 15 is 0 Å². The summed E-state index contributed by atoms with van der Waals surface area (Å²) in [4.78, 5) is 7.27. The zero-order valence-corrected chi connectivity index (χ0v) is 18.0. The zero-order chi connectivity index (χ0) is 20.2. The molecule has 156 valence electrons. The molecule has 1 aliphatic heterocycles. The largest absolute Gasteiger partial charge is 0.494 e. The van der Waals surface area contributed by atoms with Gasteiger partial charge in [0.1, 0.15) is 5.75 Å². The molecule has 5 heteroatoms. The van der Waals surface area contributed by atoms with Crippen LogP contribution in [0.25, 0.3) is 0 Å². The molecule has 0 unspecified atom stereocenters. The predicted octanol–water partition coefficient (Wildman–Crippen LogP) is 3.61. The first-order chi connectivity index (χ1) is 13.6. The second-order valence-corrected chi connectivity index (χ2v) is 7.66. The van der Waals surface area contributed by atoms with Gasteiger partial charge in [-0.1, -0.05) is 31.2 Å². The van der Waals surface area contributed by atoms with Gasteiger partial charge >= 0.3 is 0 Å². The molecule has 0 bridgehead atoms. The molecule has 28 heavy (non-hydrogen) atoms. The van der Waals surface area contributed by atoms with Crippen molar-refractivity contribution in [1.29, 1.82) is 0 Å². The van der Waals surface area contributed by atoms with Crippen LogP contribution in [0.5, 0.6) is 5.75 Å². The maximum Gasteiger partial charge on any atom is 0.191 e. The summed E-state index contributed by atoms with van der Waals surface area (Å²) in [5.41, 5.74) is 2.51. The number of likely N-dealkylation sites (tertiary alicyclic amines) is 1. The Hall–Kier alpha value is -2.01. The fraction of sp³-hybridized carbons (Fsp3) is 0.609. The van der Waals surface area contributed by atoms with E-state index in [1.54, 1.807) is 0 Å². The third kappa shape index (κ3) is 8.34. The molecule has 2 rings (SSSR count). The molecule has 0 atom stereocenters. The van der Waals surface area contributed by atoms with Gasteiger partial charge in [0, 0.05) is 38.8 Å². The lowest BCUT2D eigenvalue weighted by molar-refractivity contribution is 0.221. The lowest BCUT2D eigenvalue weighted by Crippen LogP contribution is -2.48. The van der Waals surface area contributed by atoms with Crippen LogP contribution in [0.3, 0.4) is 0 Å². The van der Waals surface area contributed by atoms with Crippen LogP contribution in [0.15, 0.2) is 41.4 Å². The van der Waals surface area contributed by atoms with Crippen LogP contribution in [0.1, 0.15) is 45.6 Å². The van der Waals surface area contributed by atoms with Crippen LogP contribution in [0.2, 0.25) is 0 Å². The summed E-state index contributed by atoms with van der Waals surface area (Å²) in [6.45, 7) is 16.0. The smallest absolute Gasteiger partial charge is 0.191 e. The Labute approximate surface area is 171 Å². The van der Waals surface area contributed by atoms with E-state index < -0.39 is 0 Å². The van der Waals surface area contributed by atoms with Gasteiger partial charge in [-0.3, -0.25) is 9.89 Å². The number of hydrogen-bond acceptors (Lipinski definition) is 3. The Morgan fingerprint density at radius 1 is 1.29 bits per heavy atom. The number of nitrogens with zero attached hydrogens (tertiary/aromatic N) is 2. The standard InChI is InChI=1S/C23H38N4O/c1-5-16-28-22-9-7-8-20(17-22)10-13-25-23(24-6-2)26-21-11-14-27(15-12-21)18-19(3)4/h7-9,17,21H,3,5-6,10-16,18H2,1-2,4H3,(H2,24,25,26). The average Bonchev–Trinajstić information content (AvgIpc) is 2.68. The molecular formula is C23H38N4O.